The molecule has 0 saturated heterocycles. The van der Waals surface area contributed by atoms with E-state index in [0.717, 1.165) is 24.2 Å². The summed E-state index contributed by atoms with van der Waals surface area (Å²) in [5, 5.41) is 10.4. The maximum absolute atomic E-state index is 10.4. The number of benzene rings is 1. The normalized spacial score (nSPS) is 25.4. The largest absolute Gasteiger partial charge is 0.485 e. The minimum absolute atomic E-state index is 0.438. The number of rotatable bonds is 3. The van der Waals surface area contributed by atoms with Crippen LogP contribution in [0, 0.1) is 6.92 Å². The Kier molecular flexibility index (Phi) is 4.00. The molecule has 2 heteroatoms. The van der Waals surface area contributed by atoms with E-state index < -0.39 is 11.7 Å². The molecule has 0 aliphatic carbocycles. The number of aryl methyl sites for hydroxylation is 1. The second-order valence-electron chi connectivity index (χ2n) is 6.07. The molecular weight excluding hydrogens is 236 g/mol. The first kappa shape index (κ1) is 14.1. The van der Waals surface area contributed by atoms with Gasteiger partial charge in [-0.15, -0.1) is 0 Å². The van der Waals surface area contributed by atoms with Gasteiger partial charge in [0.05, 0.1) is 6.10 Å². The summed E-state index contributed by atoms with van der Waals surface area (Å²) in [6.07, 6.45) is 4.23. The molecule has 0 radical (unpaired) electrons. The molecule has 104 valence electrons. The summed E-state index contributed by atoms with van der Waals surface area (Å²) in [5.41, 5.74) is 3.16. The highest BCUT2D eigenvalue weighted by atomic mass is 16.5. The molecule has 2 atom stereocenters. The summed E-state index contributed by atoms with van der Waals surface area (Å²) < 4.78 is 6.09. The molecule has 0 fully saturated rings. The Labute approximate surface area is 116 Å². The predicted molar refractivity (Wildman–Crippen MR) is 78.6 cm³/mol. The van der Waals surface area contributed by atoms with E-state index in [1.165, 1.54) is 11.1 Å². The SMILES string of the molecule is CC(C)=CCC[C@@]1(C)Oc2ccc(C)cc2C[C@@H]1O. The molecule has 0 unspecified atom stereocenters. The molecule has 0 amide bonds. The van der Waals surface area contributed by atoms with Crippen LogP contribution in [0.2, 0.25) is 0 Å². The summed E-state index contributed by atoms with van der Waals surface area (Å²) in [5.74, 6) is 0.926. The summed E-state index contributed by atoms with van der Waals surface area (Å²) in [6, 6.07) is 6.19. The van der Waals surface area contributed by atoms with Crippen molar-refractivity contribution >= 4 is 0 Å². The maximum atomic E-state index is 10.4. The van der Waals surface area contributed by atoms with Gasteiger partial charge in [0.15, 0.2) is 0 Å². The van der Waals surface area contributed by atoms with Crippen molar-refractivity contribution in [2.75, 3.05) is 0 Å². The van der Waals surface area contributed by atoms with Crippen LogP contribution in [-0.2, 0) is 6.42 Å². The minimum Gasteiger partial charge on any atom is -0.485 e. The molecule has 1 aromatic carbocycles. The number of fused-ring (bicyclic) bond motifs is 1. The van der Waals surface area contributed by atoms with Crippen molar-refractivity contribution in [3.05, 3.63) is 41.0 Å². The monoisotopic (exact) mass is 260 g/mol. The first-order valence-electron chi connectivity index (χ1n) is 7.01. The third kappa shape index (κ3) is 3.19. The molecule has 2 nitrogen and oxygen atoms in total. The van der Waals surface area contributed by atoms with E-state index in [1.807, 2.05) is 13.0 Å². The zero-order valence-corrected chi connectivity index (χ0v) is 12.4. The fourth-order valence-corrected chi connectivity index (χ4v) is 2.58. The molecule has 2 rings (SSSR count). The Morgan fingerprint density at radius 1 is 1.47 bits per heavy atom. The van der Waals surface area contributed by atoms with Crippen LogP contribution in [0.1, 0.15) is 44.7 Å². The van der Waals surface area contributed by atoms with Crippen molar-refractivity contribution in [2.45, 2.75) is 58.7 Å². The van der Waals surface area contributed by atoms with Crippen LogP contribution >= 0.6 is 0 Å². The van der Waals surface area contributed by atoms with Gasteiger partial charge in [0.2, 0.25) is 0 Å². The van der Waals surface area contributed by atoms with Crippen LogP contribution in [0.4, 0.5) is 0 Å². The van der Waals surface area contributed by atoms with Crippen LogP contribution in [0.25, 0.3) is 0 Å². The van der Waals surface area contributed by atoms with Crippen molar-refractivity contribution in [1.29, 1.82) is 0 Å². The van der Waals surface area contributed by atoms with Gasteiger partial charge in [0, 0.05) is 6.42 Å². The number of allylic oxidation sites excluding steroid dienone is 2. The van der Waals surface area contributed by atoms with Crippen molar-refractivity contribution in [3.63, 3.8) is 0 Å². The van der Waals surface area contributed by atoms with Crippen LogP contribution < -0.4 is 4.74 Å². The Morgan fingerprint density at radius 3 is 2.89 bits per heavy atom. The van der Waals surface area contributed by atoms with E-state index in [1.54, 1.807) is 0 Å². The maximum Gasteiger partial charge on any atom is 0.133 e. The first-order chi connectivity index (χ1) is 8.90. The minimum atomic E-state index is -0.478. The highest BCUT2D eigenvalue weighted by Crippen LogP contribution is 2.36. The van der Waals surface area contributed by atoms with E-state index in [-0.39, 0.29) is 0 Å². The molecule has 1 N–H and O–H groups in total. The molecule has 1 heterocycles. The van der Waals surface area contributed by atoms with E-state index in [9.17, 15) is 5.11 Å². The lowest BCUT2D eigenvalue weighted by Gasteiger charge is -2.40. The van der Waals surface area contributed by atoms with Crippen LogP contribution in [0.15, 0.2) is 29.8 Å². The van der Waals surface area contributed by atoms with Gasteiger partial charge in [0.1, 0.15) is 11.4 Å². The van der Waals surface area contributed by atoms with Gasteiger partial charge in [-0.1, -0.05) is 29.3 Å². The van der Waals surface area contributed by atoms with E-state index in [4.69, 9.17) is 4.74 Å². The zero-order valence-electron chi connectivity index (χ0n) is 12.4. The molecule has 0 aromatic heterocycles. The van der Waals surface area contributed by atoms with E-state index in [2.05, 4.69) is 39.0 Å². The van der Waals surface area contributed by atoms with Gasteiger partial charge in [-0.25, -0.2) is 0 Å². The smallest absolute Gasteiger partial charge is 0.133 e. The Morgan fingerprint density at radius 2 is 2.21 bits per heavy atom. The number of aliphatic hydroxyl groups excluding tert-OH is 1. The summed E-state index contributed by atoms with van der Waals surface area (Å²) in [7, 11) is 0. The zero-order chi connectivity index (χ0) is 14.0. The highest BCUT2D eigenvalue weighted by molar-refractivity contribution is 5.40. The second-order valence-corrected chi connectivity index (χ2v) is 6.07. The molecule has 1 aliphatic heterocycles. The molecule has 0 spiro atoms. The fourth-order valence-electron chi connectivity index (χ4n) is 2.58. The summed E-state index contributed by atoms with van der Waals surface area (Å²) >= 11 is 0. The molecule has 1 aromatic rings. The van der Waals surface area contributed by atoms with Crippen molar-refractivity contribution in [2.24, 2.45) is 0 Å². The standard InChI is InChI=1S/C17H24O2/c1-12(2)6-5-9-17(4)16(18)11-14-10-13(3)7-8-15(14)19-17/h6-8,10,16,18H,5,9,11H2,1-4H3/t16-,17+/m0/s1. The van der Waals surface area contributed by atoms with Crippen molar-refractivity contribution in [3.8, 4) is 5.75 Å². The second kappa shape index (κ2) is 5.38. The van der Waals surface area contributed by atoms with Crippen molar-refractivity contribution in [1.82, 2.24) is 0 Å². The Bertz CT molecular complexity index is 486. The van der Waals surface area contributed by atoms with Gasteiger partial charge >= 0.3 is 0 Å². The van der Waals surface area contributed by atoms with Gasteiger partial charge in [-0.05, 0) is 52.2 Å². The summed E-state index contributed by atoms with van der Waals surface area (Å²) in [4.78, 5) is 0. The quantitative estimate of drug-likeness (QED) is 0.838. The molecule has 0 saturated carbocycles. The number of hydrogen-bond donors (Lipinski definition) is 1. The van der Waals surface area contributed by atoms with Gasteiger partial charge in [0.25, 0.3) is 0 Å². The molecule has 19 heavy (non-hydrogen) atoms. The topological polar surface area (TPSA) is 29.5 Å². The predicted octanol–water partition coefficient (Wildman–Crippen LogP) is 3.80. The third-order valence-corrected chi connectivity index (χ3v) is 3.87. The first-order valence-corrected chi connectivity index (χ1v) is 7.01. The van der Waals surface area contributed by atoms with Crippen LogP contribution in [0.3, 0.4) is 0 Å². The highest BCUT2D eigenvalue weighted by Gasteiger charge is 2.39. The number of ether oxygens (including phenoxy) is 1. The Balaban J connectivity index is 2.15. The average Bonchev–Trinajstić information content (AvgIpc) is 2.31. The number of hydrogen-bond acceptors (Lipinski definition) is 2. The van der Waals surface area contributed by atoms with E-state index >= 15 is 0 Å². The average molecular weight is 260 g/mol. The molecule has 1 aliphatic rings. The Hall–Kier alpha value is -1.28. The van der Waals surface area contributed by atoms with Crippen molar-refractivity contribution < 1.29 is 9.84 Å². The number of aliphatic hydroxyl groups is 1. The molecule has 0 bridgehead atoms. The lowest BCUT2D eigenvalue weighted by atomic mass is 9.85. The van der Waals surface area contributed by atoms with Gasteiger partial charge in [-0.2, -0.15) is 0 Å². The van der Waals surface area contributed by atoms with Crippen LogP contribution in [0.5, 0.6) is 5.75 Å². The van der Waals surface area contributed by atoms with E-state index in [0.29, 0.717) is 6.42 Å². The van der Waals surface area contributed by atoms with Crippen LogP contribution in [-0.4, -0.2) is 16.8 Å². The van der Waals surface area contributed by atoms with Gasteiger partial charge < -0.3 is 9.84 Å². The fraction of sp³-hybridized carbons (Fsp3) is 0.529. The summed E-state index contributed by atoms with van der Waals surface area (Å²) in [6.45, 7) is 8.27. The van der Waals surface area contributed by atoms with Gasteiger partial charge in [-0.3, -0.25) is 0 Å². The third-order valence-electron chi connectivity index (χ3n) is 3.87. The lowest BCUT2D eigenvalue weighted by Crippen LogP contribution is -2.48. The molecular formula is C17H24O2. The lowest BCUT2D eigenvalue weighted by molar-refractivity contribution is -0.0587.